The molecule has 0 saturated carbocycles. The lowest BCUT2D eigenvalue weighted by molar-refractivity contribution is 0.550. The van der Waals surface area contributed by atoms with Gasteiger partial charge in [-0.2, -0.15) is 0 Å². The molecule has 1 unspecified atom stereocenters. The van der Waals surface area contributed by atoms with E-state index < -0.39 is 0 Å². The van der Waals surface area contributed by atoms with Crippen LogP contribution >= 0.6 is 0 Å². The second-order valence-corrected chi connectivity index (χ2v) is 4.33. The van der Waals surface area contributed by atoms with E-state index in [-0.39, 0.29) is 11.9 Å². The average Bonchev–Trinajstić information content (AvgIpc) is 2.61. The molecule has 0 aliphatic carbocycles. The first-order valence-corrected chi connectivity index (χ1v) is 5.61. The van der Waals surface area contributed by atoms with E-state index in [0.717, 1.165) is 17.7 Å². The summed E-state index contributed by atoms with van der Waals surface area (Å²) in [6.45, 7) is 3.98. The van der Waals surface area contributed by atoms with E-state index in [1.165, 1.54) is 12.1 Å². The third-order valence-corrected chi connectivity index (χ3v) is 2.80. The van der Waals surface area contributed by atoms with Crippen LogP contribution in [0.1, 0.15) is 24.2 Å². The van der Waals surface area contributed by atoms with E-state index >= 15 is 0 Å². The van der Waals surface area contributed by atoms with Gasteiger partial charge in [0.1, 0.15) is 5.82 Å². The van der Waals surface area contributed by atoms with Crippen LogP contribution in [-0.4, -0.2) is 9.55 Å². The fourth-order valence-electron chi connectivity index (χ4n) is 1.95. The fraction of sp³-hybridized carbons (Fsp3) is 0.308. The lowest BCUT2D eigenvalue weighted by Crippen LogP contribution is -2.10. The molecule has 1 atom stereocenters. The van der Waals surface area contributed by atoms with E-state index in [4.69, 9.17) is 5.73 Å². The molecule has 1 heterocycles. The SMILES string of the molecule is Cc1cn(C(C)Cc2ccc(F)cc2)c(N)n1. The zero-order valence-electron chi connectivity index (χ0n) is 10.0. The van der Waals surface area contributed by atoms with Crippen molar-refractivity contribution in [1.82, 2.24) is 9.55 Å². The predicted octanol–water partition coefficient (Wildman–Crippen LogP) is 2.72. The van der Waals surface area contributed by atoms with Gasteiger partial charge in [0.25, 0.3) is 0 Å². The van der Waals surface area contributed by atoms with Crippen molar-refractivity contribution in [3.63, 3.8) is 0 Å². The maximum atomic E-state index is 12.8. The molecule has 90 valence electrons. The summed E-state index contributed by atoms with van der Waals surface area (Å²) in [5.74, 6) is 0.316. The standard InChI is InChI=1S/C13H16FN3/c1-9-8-17(13(15)16-9)10(2)7-11-3-5-12(14)6-4-11/h3-6,8,10H,7H2,1-2H3,(H2,15,16). The first kappa shape index (κ1) is 11.6. The molecule has 1 aromatic heterocycles. The Balaban J connectivity index is 2.14. The summed E-state index contributed by atoms with van der Waals surface area (Å²) in [7, 11) is 0. The summed E-state index contributed by atoms with van der Waals surface area (Å²) in [5, 5.41) is 0. The molecule has 0 spiro atoms. The molecule has 4 heteroatoms. The van der Waals surface area contributed by atoms with Gasteiger partial charge in [-0.15, -0.1) is 0 Å². The molecular formula is C13H16FN3. The molecule has 2 rings (SSSR count). The second-order valence-electron chi connectivity index (χ2n) is 4.33. The van der Waals surface area contributed by atoms with Crippen LogP contribution in [0.2, 0.25) is 0 Å². The smallest absolute Gasteiger partial charge is 0.200 e. The zero-order chi connectivity index (χ0) is 12.4. The average molecular weight is 233 g/mol. The number of hydrogen-bond donors (Lipinski definition) is 1. The maximum absolute atomic E-state index is 12.8. The van der Waals surface area contributed by atoms with Crippen LogP contribution in [0, 0.1) is 12.7 Å². The summed E-state index contributed by atoms with van der Waals surface area (Å²) < 4.78 is 14.7. The van der Waals surface area contributed by atoms with Gasteiger partial charge in [0.15, 0.2) is 0 Å². The summed E-state index contributed by atoms with van der Waals surface area (Å²) in [5.41, 5.74) is 7.81. The molecule has 3 nitrogen and oxygen atoms in total. The van der Waals surface area contributed by atoms with Crippen molar-refractivity contribution in [1.29, 1.82) is 0 Å². The van der Waals surface area contributed by atoms with Crippen molar-refractivity contribution >= 4 is 5.95 Å². The van der Waals surface area contributed by atoms with Gasteiger partial charge in [-0.3, -0.25) is 0 Å². The van der Waals surface area contributed by atoms with Crippen molar-refractivity contribution < 1.29 is 4.39 Å². The number of aromatic nitrogens is 2. The van der Waals surface area contributed by atoms with Gasteiger partial charge in [0.2, 0.25) is 5.95 Å². The number of halogens is 1. The molecule has 17 heavy (non-hydrogen) atoms. The van der Waals surface area contributed by atoms with Crippen molar-refractivity contribution in [2.24, 2.45) is 0 Å². The number of nitrogens with zero attached hydrogens (tertiary/aromatic N) is 2. The zero-order valence-corrected chi connectivity index (χ0v) is 10.0. The number of nitrogen functional groups attached to an aromatic ring is 1. The third kappa shape index (κ3) is 2.64. The molecule has 2 N–H and O–H groups in total. The van der Waals surface area contributed by atoms with Crippen LogP contribution < -0.4 is 5.73 Å². The minimum atomic E-state index is -0.209. The van der Waals surface area contributed by atoms with Crippen LogP contribution in [0.3, 0.4) is 0 Å². The molecular weight excluding hydrogens is 217 g/mol. The molecule has 0 fully saturated rings. The fourth-order valence-corrected chi connectivity index (χ4v) is 1.95. The largest absolute Gasteiger partial charge is 0.369 e. The number of aryl methyl sites for hydroxylation is 1. The lowest BCUT2D eigenvalue weighted by Gasteiger charge is -2.14. The van der Waals surface area contributed by atoms with E-state index in [1.807, 2.05) is 17.7 Å². The van der Waals surface area contributed by atoms with E-state index in [2.05, 4.69) is 11.9 Å². The first-order valence-electron chi connectivity index (χ1n) is 5.61. The van der Waals surface area contributed by atoms with Crippen LogP contribution in [-0.2, 0) is 6.42 Å². The Morgan fingerprint density at radius 3 is 2.53 bits per heavy atom. The summed E-state index contributed by atoms with van der Waals surface area (Å²) in [6, 6.07) is 6.76. The quantitative estimate of drug-likeness (QED) is 0.885. The number of benzene rings is 1. The van der Waals surface area contributed by atoms with Gasteiger partial charge in [0.05, 0.1) is 5.69 Å². The highest BCUT2D eigenvalue weighted by atomic mass is 19.1. The van der Waals surface area contributed by atoms with Crippen molar-refractivity contribution in [2.75, 3.05) is 5.73 Å². The Morgan fingerprint density at radius 2 is 2.00 bits per heavy atom. The summed E-state index contributed by atoms with van der Waals surface area (Å²) in [6.07, 6.45) is 2.74. The number of nitrogens with two attached hydrogens (primary N) is 1. The Morgan fingerprint density at radius 1 is 1.35 bits per heavy atom. The highest BCUT2D eigenvalue weighted by Gasteiger charge is 2.10. The van der Waals surface area contributed by atoms with Gasteiger partial charge >= 0.3 is 0 Å². The van der Waals surface area contributed by atoms with Crippen molar-refractivity contribution in [3.8, 4) is 0 Å². The molecule has 0 amide bonds. The van der Waals surface area contributed by atoms with Crippen LogP contribution in [0.4, 0.5) is 10.3 Å². The Labute approximate surface area is 100 Å². The maximum Gasteiger partial charge on any atom is 0.200 e. The molecule has 1 aromatic carbocycles. The summed E-state index contributed by atoms with van der Waals surface area (Å²) >= 11 is 0. The molecule has 2 aromatic rings. The van der Waals surface area contributed by atoms with Gasteiger partial charge in [0, 0.05) is 12.2 Å². The minimum absolute atomic E-state index is 0.209. The Bertz CT molecular complexity index is 502. The molecule has 0 radical (unpaired) electrons. The molecule has 0 aliphatic rings. The highest BCUT2D eigenvalue weighted by Crippen LogP contribution is 2.18. The van der Waals surface area contributed by atoms with Crippen LogP contribution in [0.5, 0.6) is 0 Å². The van der Waals surface area contributed by atoms with Crippen molar-refractivity contribution in [3.05, 3.63) is 47.5 Å². The number of hydrogen-bond acceptors (Lipinski definition) is 2. The van der Waals surface area contributed by atoms with Gasteiger partial charge < -0.3 is 10.3 Å². The Hall–Kier alpha value is -1.84. The van der Waals surface area contributed by atoms with Crippen molar-refractivity contribution in [2.45, 2.75) is 26.3 Å². The topological polar surface area (TPSA) is 43.8 Å². The highest BCUT2D eigenvalue weighted by molar-refractivity contribution is 5.24. The second kappa shape index (κ2) is 4.57. The number of rotatable bonds is 3. The Kier molecular flexibility index (Phi) is 3.13. The van der Waals surface area contributed by atoms with E-state index in [9.17, 15) is 4.39 Å². The third-order valence-electron chi connectivity index (χ3n) is 2.80. The lowest BCUT2D eigenvalue weighted by atomic mass is 10.1. The summed E-state index contributed by atoms with van der Waals surface area (Å²) in [4.78, 5) is 4.17. The first-order chi connectivity index (χ1) is 8.06. The van der Waals surface area contributed by atoms with E-state index in [0.29, 0.717) is 5.95 Å². The number of imidazole rings is 1. The molecule has 0 aliphatic heterocycles. The molecule has 0 saturated heterocycles. The minimum Gasteiger partial charge on any atom is -0.369 e. The van der Waals surface area contributed by atoms with E-state index in [1.54, 1.807) is 12.1 Å². The van der Waals surface area contributed by atoms with Gasteiger partial charge in [-0.25, -0.2) is 9.37 Å². The monoisotopic (exact) mass is 233 g/mol. The van der Waals surface area contributed by atoms with Gasteiger partial charge in [-0.05, 0) is 38.0 Å². The van der Waals surface area contributed by atoms with Crippen LogP contribution in [0.15, 0.2) is 30.5 Å². The predicted molar refractivity (Wildman–Crippen MR) is 66.2 cm³/mol. The normalized spacial score (nSPS) is 12.6. The van der Waals surface area contributed by atoms with Crippen LogP contribution in [0.25, 0.3) is 0 Å². The number of anilines is 1. The molecule has 0 bridgehead atoms. The van der Waals surface area contributed by atoms with Gasteiger partial charge in [-0.1, -0.05) is 12.1 Å².